The number of aromatic nitrogens is 2. The Hall–Kier alpha value is -2.77. The van der Waals surface area contributed by atoms with Crippen LogP contribution in [-0.2, 0) is 0 Å². The summed E-state index contributed by atoms with van der Waals surface area (Å²) in [5.74, 6) is -2.65. The first-order chi connectivity index (χ1) is 8.50. The van der Waals surface area contributed by atoms with Crippen LogP contribution in [0.4, 0.5) is 10.1 Å². The van der Waals surface area contributed by atoms with Crippen LogP contribution in [0, 0.1) is 15.9 Å². The topological polar surface area (TPSA) is 98.3 Å². The molecule has 0 saturated carbocycles. The second-order valence-electron chi connectivity index (χ2n) is 3.35. The molecule has 1 N–H and O–H groups in total. The van der Waals surface area contributed by atoms with Crippen molar-refractivity contribution < 1.29 is 19.2 Å². The molecule has 0 fully saturated rings. The first kappa shape index (κ1) is 11.7. The molecule has 0 aliphatic carbocycles. The Morgan fingerprint density at radius 2 is 2.22 bits per heavy atom. The summed E-state index contributed by atoms with van der Waals surface area (Å²) < 4.78 is 14.6. The first-order valence-electron chi connectivity index (χ1n) is 4.70. The molecule has 0 unspecified atom stereocenters. The van der Waals surface area contributed by atoms with E-state index in [0.29, 0.717) is 6.07 Å². The predicted octanol–water partition coefficient (Wildman–Crippen LogP) is 1.62. The van der Waals surface area contributed by atoms with E-state index in [9.17, 15) is 19.3 Å². The highest BCUT2D eigenvalue weighted by molar-refractivity contribution is 5.89. The molecule has 0 aliphatic heterocycles. The molecule has 0 radical (unpaired) electrons. The molecule has 7 nitrogen and oxygen atoms in total. The summed E-state index contributed by atoms with van der Waals surface area (Å²) in [4.78, 5) is 24.5. The van der Waals surface area contributed by atoms with E-state index in [2.05, 4.69) is 4.98 Å². The number of benzene rings is 1. The van der Waals surface area contributed by atoms with Gasteiger partial charge in [0, 0.05) is 12.4 Å². The van der Waals surface area contributed by atoms with Crippen LogP contribution in [0.1, 0.15) is 10.4 Å². The predicted molar refractivity (Wildman–Crippen MR) is 57.1 cm³/mol. The summed E-state index contributed by atoms with van der Waals surface area (Å²) in [7, 11) is 0. The number of carboxylic acid groups (broad SMARTS) is 1. The van der Waals surface area contributed by atoms with Crippen LogP contribution in [0.3, 0.4) is 0 Å². The average Bonchev–Trinajstić information content (AvgIpc) is 2.81. The van der Waals surface area contributed by atoms with Gasteiger partial charge >= 0.3 is 5.97 Å². The van der Waals surface area contributed by atoms with E-state index in [4.69, 9.17) is 5.11 Å². The Bertz CT molecular complexity index is 624. The van der Waals surface area contributed by atoms with E-state index in [1.54, 1.807) is 0 Å². The van der Waals surface area contributed by atoms with E-state index in [0.717, 1.165) is 6.07 Å². The third-order valence-electron chi connectivity index (χ3n) is 2.27. The quantitative estimate of drug-likeness (QED) is 0.660. The summed E-state index contributed by atoms with van der Waals surface area (Å²) in [6.45, 7) is 0. The number of hydrogen-bond acceptors (Lipinski definition) is 4. The third kappa shape index (κ3) is 1.90. The highest BCUT2D eigenvalue weighted by Gasteiger charge is 2.22. The number of aromatic carboxylic acids is 1. The van der Waals surface area contributed by atoms with Crippen LogP contribution in [0.2, 0.25) is 0 Å². The fourth-order valence-electron chi connectivity index (χ4n) is 1.47. The Morgan fingerprint density at radius 1 is 1.50 bits per heavy atom. The van der Waals surface area contributed by atoms with Gasteiger partial charge in [0.1, 0.15) is 11.5 Å². The van der Waals surface area contributed by atoms with Crippen molar-refractivity contribution in [3.8, 4) is 5.69 Å². The number of carboxylic acids is 1. The SMILES string of the molecule is O=C(O)c1cc(-n2ccnc2)c([N+](=O)[O-])cc1F. The molecular weight excluding hydrogens is 245 g/mol. The van der Waals surface area contributed by atoms with E-state index in [1.165, 1.54) is 23.3 Å². The minimum absolute atomic E-state index is 0.0590. The number of nitrogens with zero attached hydrogens (tertiary/aromatic N) is 3. The van der Waals surface area contributed by atoms with Crippen molar-refractivity contribution in [1.82, 2.24) is 9.55 Å². The molecule has 0 amide bonds. The summed E-state index contributed by atoms with van der Waals surface area (Å²) >= 11 is 0. The van der Waals surface area contributed by atoms with Gasteiger partial charge in [-0.05, 0) is 6.07 Å². The monoisotopic (exact) mass is 251 g/mol. The van der Waals surface area contributed by atoms with Gasteiger partial charge in [-0.3, -0.25) is 10.1 Å². The van der Waals surface area contributed by atoms with Crippen LogP contribution < -0.4 is 0 Å². The smallest absolute Gasteiger partial charge is 0.338 e. The zero-order chi connectivity index (χ0) is 13.3. The minimum Gasteiger partial charge on any atom is -0.478 e. The lowest BCUT2D eigenvalue weighted by molar-refractivity contribution is -0.384. The van der Waals surface area contributed by atoms with Crippen LogP contribution in [0.5, 0.6) is 0 Å². The van der Waals surface area contributed by atoms with Gasteiger partial charge in [0.15, 0.2) is 0 Å². The largest absolute Gasteiger partial charge is 0.478 e. The van der Waals surface area contributed by atoms with Crippen LogP contribution in [0.25, 0.3) is 5.69 Å². The van der Waals surface area contributed by atoms with Gasteiger partial charge < -0.3 is 9.67 Å². The highest BCUT2D eigenvalue weighted by atomic mass is 19.1. The molecule has 1 aromatic heterocycles. The fourth-order valence-corrected chi connectivity index (χ4v) is 1.47. The van der Waals surface area contributed by atoms with Crippen LogP contribution in [-0.4, -0.2) is 25.6 Å². The molecule has 0 spiro atoms. The van der Waals surface area contributed by atoms with Gasteiger partial charge in [-0.15, -0.1) is 0 Å². The summed E-state index contributed by atoms with van der Waals surface area (Å²) in [6, 6.07) is 1.48. The van der Waals surface area contributed by atoms with Gasteiger partial charge in [-0.1, -0.05) is 0 Å². The molecule has 0 bridgehead atoms. The first-order valence-corrected chi connectivity index (χ1v) is 4.70. The van der Waals surface area contributed by atoms with Crippen molar-refractivity contribution >= 4 is 11.7 Å². The maximum atomic E-state index is 13.4. The molecule has 0 saturated heterocycles. The Morgan fingerprint density at radius 3 is 2.72 bits per heavy atom. The molecule has 92 valence electrons. The van der Waals surface area contributed by atoms with Crippen molar-refractivity contribution in [3.63, 3.8) is 0 Å². The zero-order valence-corrected chi connectivity index (χ0v) is 8.78. The zero-order valence-electron chi connectivity index (χ0n) is 8.78. The van der Waals surface area contributed by atoms with Crippen molar-refractivity contribution in [1.29, 1.82) is 0 Å². The van der Waals surface area contributed by atoms with Gasteiger partial charge in [0.25, 0.3) is 5.69 Å². The number of halogens is 1. The van der Waals surface area contributed by atoms with E-state index in [1.807, 2.05) is 0 Å². The number of carbonyl (C=O) groups is 1. The van der Waals surface area contributed by atoms with Gasteiger partial charge in [0.2, 0.25) is 0 Å². The molecule has 1 heterocycles. The molecular formula is C10H6FN3O4. The average molecular weight is 251 g/mol. The number of imidazole rings is 1. The Labute approximate surface area is 99.3 Å². The van der Waals surface area contributed by atoms with Crippen molar-refractivity contribution in [2.24, 2.45) is 0 Å². The van der Waals surface area contributed by atoms with Crippen LogP contribution >= 0.6 is 0 Å². The molecule has 8 heteroatoms. The standard InChI is InChI=1S/C10H6FN3O4/c11-7-4-9(14(17)18)8(3-6(7)10(15)16)13-2-1-12-5-13/h1-5H,(H,15,16). The Kier molecular flexibility index (Phi) is 2.76. The molecule has 2 aromatic rings. The lowest BCUT2D eigenvalue weighted by Gasteiger charge is -2.05. The van der Waals surface area contributed by atoms with Crippen molar-refractivity contribution in [2.45, 2.75) is 0 Å². The number of nitro benzene ring substituents is 1. The van der Waals surface area contributed by atoms with E-state index >= 15 is 0 Å². The normalized spacial score (nSPS) is 10.3. The second-order valence-corrected chi connectivity index (χ2v) is 3.35. The van der Waals surface area contributed by atoms with Crippen molar-refractivity contribution in [3.05, 3.63) is 52.3 Å². The lowest BCUT2D eigenvalue weighted by Crippen LogP contribution is -2.06. The summed E-state index contributed by atoms with van der Waals surface area (Å²) in [5.41, 5.74) is -1.23. The molecule has 0 aliphatic rings. The molecule has 0 atom stereocenters. The van der Waals surface area contributed by atoms with Gasteiger partial charge in [-0.25, -0.2) is 14.2 Å². The summed E-state index contributed by atoms with van der Waals surface area (Å²) in [5, 5.41) is 19.6. The molecule has 18 heavy (non-hydrogen) atoms. The highest BCUT2D eigenvalue weighted by Crippen LogP contribution is 2.26. The van der Waals surface area contributed by atoms with Crippen molar-refractivity contribution in [2.75, 3.05) is 0 Å². The maximum absolute atomic E-state index is 13.4. The van der Waals surface area contributed by atoms with E-state index < -0.39 is 28.0 Å². The number of rotatable bonds is 3. The Balaban J connectivity index is 2.72. The second kappa shape index (κ2) is 4.24. The summed E-state index contributed by atoms with van der Waals surface area (Å²) in [6.07, 6.45) is 4.02. The molecule has 2 rings (SSSR count). The number of hydrogen-bond donors (Lipinski definition) is 1. The third-order valence-corrected chi connectivity index (χ3v) is 2.27. The van der Waals surface area contributed by atoms with Gasteiger partial charge in [0.05, 0.1) is 22.9 Å². The van der Waals surface area contributed by atoms with Crippen LogP contribution in [0.15, 0.2) is 30.9 Å². The van der Waals surface area contributed by atoms with Gasteiger partial charge in [-0.2, -0.15) is 0 Å². The number of nitro groups is 1. The van der Waals surface area contributed by atoms with E-state index in [-0.39, 0.29) is 5.69 Å². The minimum atomic E-state index is -1.50. The molecule has 1 aromatic carbocycles. The lowest BCUT2D eigenvalue weighted by atomic mass is 10.1. The maximum Gasteiger partial charge on any atom is 0.338 e. The fraction of sp³-hybridized carbons (Fsp3) is 0.